The highest BCUT2D eigenvalue weighted by Crippen LogP contribution is 2.17. The molecule has 110 valence electrons. The van der Waals surface area contributed by atoms with E-state index in [1.165, 1.54) is 12.1 Å². The third-order valence-electron chi connectivity index (χ3n) is 3.26. The maximum Gasteiger partial charge on any atom is 0.191 e. The van der Waals surface area contributed by atoms with Crippen molar-refractivity contribution in [3.63, 3.8) is 0 Å². The lowest BCUT2D eigenvalue weighted by Gasteiger charge is -2.15. The van der Waals surface area contributed by atoms with Crippen LogP contribution in [0.2, 0.25) is 0 Å². The molecule has 4 nitrogen and oxygen atoms in total. The zero-order valence-corrected chi connectivity index (χ0v) is 13.0. The Hall–Kier alpha value is -1.14. The second-order valence-corrected chi connectivity index (χ2v) is 5.63. The number of benzene rings is 1. The summed E-state index contributed by atoms with van der Waals surface area (Å²) in [4.78, 5) is 4.16. The van der Waals surface area contributed by atoms with Gasteiger partial charge in [0.15, 0.2) is 5.96 Å². The number of guanidine groups is 1. The SMILES string of the molecule is CN=C(NCc1cc(F)ccc1Br)NCC1CCOC1. The minimum Gasteiger partial charge on any atom is -0.381 e. The zero-order chi connectivity index (χ0) is 14.4. The van der Waals surface area contributed by atoms with Crippen molar-refractivity contribution in [2.75, 3.05) is 26.8 Å². The molecule has 1 aliphatic rings. The predicted molar refractivity (Wildman–Crippen MR) is 81.2 cm³/mol. The van der Waals surface area contributed by atoms with Gasteiger partial charge >= 0.3 is 0 Å². The first-order valence-electron chi connectivity index (χ1n) is 6.65. The summed E-state index contributed by atoms with van der Waals surface area (Å²) in [5.41, 5.74) is 0.858. The fourth-order valence-electron chi connectivity index (χ4n) is 2.06. The van der Waals surface area contributed by atoms with Crippen molar-refractivity contribution in [2.45, 2.75) is 13.0 Å². The van der Waals surface area contributed by atoms with Crippen LogP contribution >= 0.6 is 15.9 Å². The Kier molecular flexibility index (Phi) is 5.79. The topological polar surface area (TPSA) is 45.7 Å². The van der Waals surface area contributed by atoms with Crippen LogP contribution in [0.4, 0.5) is 4.39 Å². The molecule has 0 amide bonds. The second kappa shape index (κ2) is 7.59. The van der Waals surface area contributed by atoms with E-state index >= 15 is 0 Å². The lowest BCUT2D eigenvalue weighted by atomic mass is 10.1. The van der Waals surface area contributed by atoms with Crippen molar-refractivity contribution in [3.8, 4) is 0 Å². The Balaban J connectivity index is 1.82. The normalized spacial score (nSPS) is 19.1. The second-order valence-electron chi connectivity index (χ2n) is 4.77. The van der Waals surface area contributed by atoms with Gasteiger partial charge in [-0.05, 0) is 30.2 Å². The molecule has 1 fully saturated rings. The van der Waals surface area contributed by atoms with Crippen LogP contribution in [-0.4, -0.2) is 32.8 Å². The standard InChI is InChI=1S/C14H19BrFN3O/c1-17-14(18-7-10-4-5-20-9-10)19-8-11-6-12(16)2-3-13(11)15/h2-3,6,10H,4-5,7-9H2,1H3,(H2,17,18,19). The lowest BCUT2D eigenvalue weighted by molar-refractivity contribution is 0.186. The molecule has 1 aromatic carbocycles. The molecule has 1 aliphatic heterocycles. The molecule has 6 heteroatoms. The maximum absolute atomic E-state index is 13.2. The number of ether oxygens (including phenoxy) is 1. The molecule has 0 saturated carbocycles. The largest absolute Gasteiger partial charge is 0.381 e. The van der Waals surface area contributed by atoms with E-state index in [0.717, 1.165) is 36.2 Å². The summed E-state index contributed by atoms with van der Waals surface area (Å²) in [7, 11) is 1.72. The van der Waals surface area contributed by atoms with E-state index in [-0.39, 0.29) is 5.82 Å². The van der Waals surface area contributed by atoms with Crippen LogP contribution in [0.15, 0.2) is 27.7 Å². The van der Waals surface area contributed by atoms with Gasteiger partial charge in [0.25, 0.3) is 0 Å². The molecule has 2 N–H and O–H groups in total. The van der Waals surface area contributed by atoms with Crippen molar-refractivity contribution in [2.24, 2.45) is 10.9 Å². The molecule has 0 bridgehead atoms. The van der Waals surface area contributed by atoms with Gasteiger partial charge in [-0.15, -0.1) is 0 Å². The molecular weight excluding hydrogens is 325 g/mol. The van der Waals surface area contributed by atoms with Crippen LogP contribution in [0.1, 0.15) is 12.0 Å². The highest BCUT2D eigenvalue weighted by molar-refractivity contribution is 9.10. The smallest absolute Gasteiger partial charge is 0.191 e. The highest BCUT2D eigenvalue weighted by Gasteiger charge is 2.15. The predicted octanol–water partition coefficient (Wildman–Crippen LogP) is 2.29. The van der Waals surface area contributed by atoms with Crippen molar-refractivity contribution >= 4 is 21.9 Å². The Morgan fingerprint density at radius 3 is 3.05 bits per heavy atom. The fourth-order valence-corrected chi connectivity index (χ4v) is 2.45. The Labute approximate surface area is 126 Å². The third-order valence-corrected chi connectivity index (χ3v) is 4.03. The molecule has 1 aromatic rings. The van der Waals surface area contributed by atoms with Gasteiger partial charge in [-0.1, -0.05) is 15.9 Å². The van der Waals surface area contributed by atoms with Crippen LogP contribution in [0.3, 0.4) is 0 Å². The molecular formula is C14H19BrFN3O. The quantitative estimate of drug-likeness (QED) is 0.651. The maximum atomic E-state index is 13.2. The summed E-state index contributed by atoms with van der Waals surface area (Å²) >= 11 is 3.41. The van der Waals surface area contributed by atoms with E-state index in [1.807, 2.05) is 0 Å². The van der Waals surface area contributed by atoms with Crippen molar-refractivity contribution in [1.29, 1.82) is 0 Å². The number of aliphatic imine (C=N–C) groups is 1. The Morgan fingerprint density at radius 1 is 1.50 bits per heavy atom. The summed E-state index contributed by atoms with van der Waals surface area (Å²) in [5.74, 6) is 1.01. The van der Waals surface area contributed by atoms with E-state index in [0.29, 0.717) is 18.4 Å². The number of nitrogens with one attached hydrogen (secondary N) is 2. The van der Waals surface area contributed by atoms with Crippen molar-refractivity contribution in [1.82, 2.24) is 10.6 Å². The van der Waals surface area contributed by atoms with Crippen LogP contribution < -0.4 is 10.6 Å². The third kappa shape index (κ3) is 4.45. The average Bonchev–Trinajstić information content (AvgIpc) is 2.96. The van der Waals surface area contributed by atoms with E-state index < -0.39 is 0 Å². The number of hydrogen-bond donors (Lipinski definition) is 2. The monoisotopic (exact) mass is 343 g/mol. The van der Waals surface area contributed by atoms with Gasteiger partial charge in [0.05, 0.1) is 6.61 Å². The fraction of sp³-hybridized carbons (Fsp3) is 0.500. The van der Waals surface area contributed by atoms with Gasteiger partial charge in [-0.3, -0.25) is 4.99 Å². The minimum atomic E-state index is -0.240. The average molecular weight is 344 g/mol. The number of halogens is 2. The molecule has 1 atom stereocenters. The molecule has 0 radical (unpaired) electrons. The molecule has 0 aliphatic carbocycles. The zero-order valence-electron chi connectivity index (χ0n) is 11.5. The van der Waals surface area contributed by atoms with E-state index in [1.54, 1.807) is 13.1 Å². The van der Waals surface area contributed by atoms with Crippen LogP contribution in [0, 0.1) is 11.7 Å². The lowest BCUT2D eigenvalue weighted by Crippen LogP contribution is -2.39. The molecule has 1 heterocycles. The van der Waals surface area contributed by atoms with Crippen molar-refractivity contribution < 1.29 is 9.13 Å². The first-order valence-corrected chi connectivity index (χ1v) is 7.44. The summed E-state index contributed by atoms with van der Waals surface area (Å²) < 4.78 is 19.4. The van der Waals surface area contributed by atoms with Gasteiger partial charge in [0, 0.05) is 37.1 Å². The molecule has 2 rings (SSSR count). The van der Waals surface area contributed by atoms with Gasteiger partial charge in [-0.25, -0.2) is 4.39 Å². The number of nitrogens with zero attached hydrogens (tertiary/aromatic N) is 1. The molecule has 1 saturated heterocycles. The minimum absolute atomic E-state index is 0.240. The van der Waals surface area contributed by atoms with Gasteiger partial charge in [0.2, 0.25) is 0 Å². The van der Waals surface area contributed by atoms with Gasteiger partial charge in [0.1, 0.15) is 5.82 Å². The van der Waals surface area contributed by atoms with E-state index in [4.69, 9.17) is 4.74 Å². The summed E-state index contributed by atoms with van der Waals surface area (Å²) in [5, 5.41) is 6.44. The van der Waals surface area contributed by atoms with Crippen LogP contribution in [-0.2, 0) is 11.3 Å². The molecule has 20 heavy (non-hydrogen) atoms. The summed E-state index contributed by atoms with van der Waals surface area (Å²) in [6.45, 7) is 3.00. The van der Waals surface area contributed by atoms with Crippen LogP contribution in [0.25, 0.3) is 0 Å². The Bertz CT molecular complexity index is 475. The first-order chi connectivity index (χ1) is 9.69. The number of rotatable bonds is 4. The van der Waals surface area contributed by atoms with E-state index in [9.17, 15) is 4.39 Å². The van der Waals surface area contributed by atoms with Crippen molar-refractivity contribution in [3.05, 3.63) is 34.1 Å². The summed E-state index contributed by atoms with van der Waals surface area (Å²) in [6, 6.07) is 4.65. The highest BCUT2D eigenvalue weighted by atomic mass is 79.9. The van der Waals surface area contributed by atoms with Gasteiger partial charge in [-0.2, -0.15) is 0 Å². The Morgan fingerprint density at radius 2 is 2.35 bits per heavy atom. The van der Waals surface area contributed by atoms with E-state index in [2.05, 4.69) is 31.6 Å². The molecule has 1 unspecified atom stereocenters. The van der Waals surface area contributed by atoms with Gasteiger partial charge < -0.3 is 15.4 Å². The molecule has 0 aromatic heterocycles. The first kappa shape index (κ1) is 15.3. The van der Waals surface area contributed by atoms with Crippen LogP contribution in [0.5, 0.6) is 0 Å². The molecule has 0 spiro atoms. The summed E-state index contributed by atoms with van der Waals surface area (Å²) in [6.07, 6.45) is 1.08. The number of hydrogen-bond acceptors (Lipinski definition) is 2.